The Hall–Kier alpha value is -1.33. The molecule has 0 aliphatic rings. The lowest BCUT2D eigenvalue weighted by Gasteiger charge is -2.17. The molecule has 5 heteroatoms. The third-order valence-corrected chi connectivity index (χ3v) is 4.45. The van der Waals surface area contributed by atoms with Crippen molar-refractivity contribution in [2.45, 2.75) is 26.4 Å². The number of aromatic nitrogens is 2. The zero-order valence-electron chi connectivity index (χ0n) is 13.1. The molecule has 1 aromatic heterocycles. The Morgan fingerprint density at radius 2 is 1.90 bits per heavy atom. The highest BCUT2D eigenvalue weighted by atomic mass is 79.9. The molecule has 0 spiro atoms. The number of halogens is 1. The van der Waals surface area contributed by atoms with E-state index in [1.807, 2.05) is 23.9 Å². The molecule has 4 nitrogen and oxygen atoms in total. The average Bonchev–Trinajstić information content (AvgIpc) is 2.75. The van der Waals surface area contributed by atoms with Crippen molar-refractivity contribution >= 4 is 15.9 Å². The van der Waals surface area contributed by atoms with Gasteiger partial charge in [0, 0.05) is 20.1 Å². The molecular formula is C16H22BrN3O. The smallest absolute Gasteiger partial charge is 0.118 e. The highest BCUT2D eigenvalue weighted by Gasteiger charge is 2.14. The Kier molecular flexibility index (Phi) is 5.42. The van der Waals surface area contributed by atoms with Crippen molar-refractivity contribution in [2.24, 2.45) is 7.05 Å². The maximum Gasteiger partial charge on any atom is 0.118 e. The minimum Gasteiger partial charge on any atom is -0.497 e. The summed E-state index contributed by atoms with van der Waals surface area (Å²) >= 11 is 3.67. The van der Waals surface area contributed by atoms with Crippen LogP contribution in [0.25, 0.3) is 0 Å². The maximum absolute atomic E-state index is 5.18. The number of hydrogen-bond acceptors (Lipinski definition) is 3. The SMILES string of the molecule is CCc1nn(C)c(CN(C)Cc2ccc(OC)cc2)c1Br. The summed E-state index contributed by atoms with van der Waals surface area (Å²) < 4.78 is 8.28. The van der Waals surface area contributed by atoms with E-state index in [9.17, 15) is 0 Å². The molecule has 1 heterocycles. The van der Waals surface area contributed by atoms with Gasteiger partial charge in [0.2, 0.25) is 0 Å². The molecule has 2 rings (SSSR count). The van der Waals surface area contributed by atoms with Crippen LogP contribution in [0.2, 0.25) is 0 Å². The Morgan fingerprint density at radius 1 is 1.24 bits per heavy atom. The molecule has 0 atom stereocenters. The van der Waals surface area contributed by atoms with Gasteiger partial charge in [0.1, 0.15) is 5.75 Å². The van der Waals surface area contributed by atoms with Gasteiger partial charge in [-0.2, -0.15) is 5.10 Å². The van der Waals surface area contributed by atoms with Crippen molar-refractivity contribution in [3.8, 4) is 5.75 Å². The molecule has 0 fully saturated rings. The summed E-state index contributed by atoms with van der Waals surface area (Å²) in [5.74, 6) is 0.892. The summed E-state index contributed by atoms with van der Waals surface area (Å²) in [4.78, 5) is 2.28. The second kappa shape index (κ2) is 7.09. The molecule has 0 unspecified atom stereocenters. The van der Waals surface area contributed by atoms with Crippen LogP contribution in [0.15, 0.2) is 28.7 Å². The molecule has 0 bridgehead atoms. The molecule has 0 aliphatic heterocycles. The van der Waals surface area contributed by atoms with Crippen LogP contribution in [0.1, 0.15) is 23.9 Å². The summed E-state index contributed by atoms with van der Waals surface area (Å²) in [5.41, 5.74) is 3.60. The second-order valence-electron chi connectivity index (χ2n) is 5.20. The third kappa shape index (κ3) is 3.86. The first kappa shape index (κ1) is 16.0. The van der Waals surface area contributed by atoms with Gasteiger partial charge in [0.15, 0.2) is 0 Å². The van der Waals surface area contributed by atoms with Gasteiger partial charge in [0.05, 0.1) is 23.0 Å². The number of hydrogen-bond donors (Lipinski definition) is 0. The van der Waals surface area contributed by atoms with Crippen LogP contribution in [0.3, 0.4) is 0 Å². The molecule has 0 saturated carbocycles. The van der Waals surface area contributed by atoms with Crippen LogP contribution in [-0.2, 0) is 26.6 Å². The van der Waals surface area contributed by atoms with Crippen LogP contribution in [0, 0.1) is 0 Å². The van der Waals surface area contributed by atoms with Crippen molar-refractivity contribution in [2.75, 3.05) is 14.2 Å². The summed E-state index contributed by atoms with van der Waals surface area (Å²) in [5, 5.41) is 4.54. The van der Waals surface area contributed by atoms with Crippen molar-refractivity contribution in [3.05, 3.63) is 45.7 Å². The molecule has 114 valence electrons. The van der Waals surface area contributed by atoms with Crippen LogP contribution in [0.4, 0.5) is 0 Å². The number of benzene rings is 1. The standard InChI is InChI=1S/C16H22BrN3O/c1-5-14-16(17)15(20(3)18-14)11-19(2)10-12-6-8-13(21-4)9-7-12/h6-9H,5,10-11H2,1-4H3. The van der Waals surface area contributed by atoms with Gasteiger partial charge >= 0.3 is 0 Å². The highest BCUT2D eigenvalue weighted by Crippen LogP contribution is 2.23. The van der Waals surface area contributed by atoms with Crippen LogP contribution in [0.5, 0.6) is 5.75 Å². The van der Waals surface area contributed by atoms with Crippen molar-refractivity contribution in [1.82, 2.24) is 14.7 Å². The topological polar surface area (TPSA) is 30.3 Å². The van der Waals surface area contributed by atoms with Gasteiger partial charge in [-0.3, -0.25) is 9.58 Å². The fourth-order valence-corrected chi connectivity index (χ4v) is 3.09. The normalized spacial score (nSPS) is 11.1. The Bertz CT molecular complexity index is 592. The quantitative estimate of drug-likeness (QED) is 0.798. The summed E-state index contributed by atoms with van der Waals surface area (Å²) in [6.07, 6.45) is 0.941. The number of ether oxygens (including phenoxy) is 1. The second-order valence-corrected chi connectivity index (χ2v) is 6.00. The van der Waals surface area contributed by atoms with E-state index in [4.69, 9.17) is 4.74 Å². The van der Waals surface area contributed by atoms with Crippen molar-refractivity contribution in [3.63, 3.8) is 0 Å². The van der Waals surface area contributed by atoms with E-state index < -0.39 is 0 Å². The lowest BCUT2D eigenvalue weighted by molar-refractivity contribution is 0.308. The first-order valence-corrected chi connectivity index (χ1v) is 7.86. The lowest BCUT2D eigenvalue weighted by Crippen LogP contribution is -2.19. The molecule has 0 radical (unpaired) electrons. The summed E-state index contributed by atoms with van der Waals surface area (Å²) in [6.45, 7) is 3.87. The molecular weight excluding hydrogens is 330 g/mol. The zero-order chi connectivity index (χ0) is 15.4. The van der Waals surface area contributed by atoms with E-state index >= 15 is 0 Å². The van der Waals surface area contributed by atoms with Gasteiger partial charge in [-0.1, -0.05) is 19.1 Å². The van der Waals surface area contributed by atoms with Gasteiger partial charge in [0.25, 0.3) is 0 Å². The number of aryl methyl sites for hydroxylation is 2. The predicted octanol–water partition coefficient (Wildman–Crippen LogP) is 3.39. The molecule has 1 aromatic carbocycles. The Labute approximate surface area is 134 Å². The molecule has 0 amide bonds. The predicted molar refractivity (Wildman–Crippen MR) is 88.5 cm³/mol. The monoisotopic (exact) mass is 351 g/mol. The minimum absolute atomic E-state index is 0.857. The van der Waals surface area contributed by atoms with Gasteiger partial charge in [-0.25, -0.2) is 0 Å². The Balaban J connectivity index is 2.04. The highest BCUT2D eigenvalue weighted by molar-refractivity contribution is 9.10. The van der Waals surface area contributed by atoms with Gasteiger partial charge in [-0.15, -0.1) is 0 Å². The lowest BCUT2D eigenvalue weighted by atomic mass is 10.2. The zero-order valence-corrected chi connectivity index (χ0v) is 14.6. The molecule has 0 saturated heterocycles. The molecule has 21 heavy (non-hydrogen) atoms. The Morgan fingerprint density at radius 3 is 2.43 bits per heavy atom. The van der Waals surface area contributed by atoms with Crippen molar-refractivity contribution in [1.29, 1.82) is 0 Å². The molecule has 0 aliphatic carbocycles. The first-order valence-electron chi connectivity index (χ1n) is 7.06. The first-order chi connectivity index (χ1) is 10.0. The van der Waals surface area contributed by atoms with E-state index in [2.05, 4.69) is 52.0 Å². The average molecular weight is 352 g/mol. The van der Waals surface area contributed by atoms with E-state index in [-0.39, 0.29) is 0 Å². The number of nitrogens with zero attached hydrogens (tertiary/aromatic N) is 3. The van der Waals surface area contributed by atoms with E-state index in [0.29, 0.717) is 0 Å². The van der Waals surface area contributed by atoms with Crippen LogP contribution >= 0.6 is 15.9 Å². The summed E-state index contributed by atoms with van der Waals surface area (Å²) in [7, 11) is 5.81. The van der Waals surface area contributed by atoms with E-state index in [1.165, 1.54) is 11.3 Å². The van der Waals surface area contributed by atoms with Gasteiger partial charge < -0.3 is 4.74 Å². The van der Waals surface area contributed by atoms with Crippen molar-refractivity contribution < 1.29 is 4.74 Å². The fraction of sp³-hybridized carbons (Fsp3) is 0.438. The van der Waals surface area contributed by atoms with Crippen LogP contribution < -0.4 is 4.74 Å². The third-order valence-electron chi connectivity index (χ3n) is 3.53. The van der Waals surface area contributed by atoms with Crippen LogP contribution in [-0.4, -0.2) is 28.8 Å². The molecule has 0 N–H and O–H groups in total. The minimum atomic E-state index is 0.857. The van der Waals surface area contributed by atoms with E-state index in [0.717, 1.165) is 35.4 Å². The fourth-order valence-electron chi connectivity index (χ4n) is 2.35. The number of rotatable bonds is 6. The molecule has 2 aromatic rings. The van der Waals surface area contributed by atoms with E-state index in [1.54, 1.807) is 7.11 Å². The summed E-state index contributed by atoms with van der Waals surface area (Å²) in [6, 6.07) is 8.20. The maximum atomic E-state index is 5.18. The largest absolute Gasteiger partial charge is 0.497 e. The van der Waals surface area contributed by atoms with Gasteiger partial charge in [-0.05, 0) is 47.1 Å². The number of methoxy groups -OCH3 is 1.